The van der Waals surface area contributed by atoms with Crippen molar-refractivity contribution in [2.24, 2.45) is 4.99 Å². The summed E-state index contributed by atoms with van der Waals surface area (Å²) < 4.78 is 0. The maximum Gasteiger partial charge on any atom is 0.243 e. The number of rotatable bonds is 9. The minimum Gasteiger partial charge on any atom is -0.358 e. The van der Waals surface area contributed by atoms with Crippen molar-refractivity contribution in [2.75, 3.05) is 32.7 Å². The van der Waals surface area contributed by atoms with Gasteiger partial charge in [-0.1, -0.05) is 6.58 Å². The lowest BCUT2D eigenvalue weighted by Gasteiger charge is -2.24. The van der Waals surface area contributed by atoms with E-state index < -0.39 is 0 Å². The van der Waals surface area contributed by atoms with E-state index in [0.717, 1.165) is 13.0 Å². The van der Waals surface area contributed by atoms with E-state index >= 15 is 0 Å². The Balaban J connectivity index is 2.22. The van der Waals surface area contributed by atoms with Gasteiger partial charge in [0.05, 0.1) is 6.34 Å². The average molecular weight is 292 g/mol. The predicted octanol–water partition coefficient (Wildman–Crippen LogP) is 0.775. The van der Waals surface area contributed by atoms with Crippen molar-refractivity contribution in [1.82, 2.24) is 15.1 Å². The summed E-state index contributed by atoms with van der Waals surface area (Å²) in [6.07, 6.45) is 7.95. The Kier molecular flexibility index (Phi) is 7.86. The van der Waals surface area contributed by atoms with E-state index in [2.05, 4.69) is 16.9 Å². The maximum atomic E-state index is 12.1. The van der Waals surface area contributed by atoms with Crippen molar-refractivity contribution < 1.29 is 9.59 Å². The number of carbonyl (C=O) groups excluding carboxylic acids is 2. The van der Waals surface area contributed by atoms with E-state index in [0.29, 0.717) is 32.6 Å². The van der Waals surface area contributed by atoms with Gasteiger partial charge in [-0.15, -0.1) is 0 Å². The van der Waals surface area contributed by atoms with E-state index in [4.69, 9.17) is 0 Å². The molecule has 0 spiro atoms. The lowest BCUT2D eigenvalue weighted by molar-refractivity contribution is -0.131. The monoisotopic (exact) mass is 292 g/mol. The van der Waals surface area contributed by atoms with Gasteiger partial charge in [-0.25, -0.2) is 4.99 Å². The van der Waals surface area contributed by atoms with Crippen LogP contribution in [0.3, 0.4) is 0 Å². The number of nitrogens with zero attached hydrogens (tertiary/aromatic N) is 3. The highest BCUT2D eigenvalue weighted by Gasteiger charge is 2.12. The Hall–Kier alpha value is -2.11. The van der Waals surface area contributed by atoms with E-state index in [1.165, 1.54) is 6.08 Å². The largest absolute Gasteiger partial charge is 0.358 e. The minimum absolute atomic E-state index is 0.135. The second-order valence-corrected chi connectivity index (χ2v) is 4.72. The first-order chi connectivity index (χ1) is 10.2. The highest BCUT2D eigenvalue weighted by molar-refractivity contribution is 5.86. The second-order valence-electron chi connectivity index (χ2n) is 4.72. The number of hydrogen-bond acceptors (Lipinski definition) is 4. The molecule has 0 saturated carbocycles. The van der Waals surface area contributed by atoms with Crippen LogP contribution in [0.5, 0.6) is 0 Å². The van der Waals surface area contributed by atoms with Crippen LogP contribution >= 0.6 is 0 Å². The molecule has 0 fully saturated rings. The zero-order chi connectivity index (χ0) is 15.5. The molecule has 0 radical (unpaired) electrons. The highest BCUT2D eigenvalue weighted by atomic mass is 16.2. The molecule has 0 bridgehead atoms. The Morgan fingerprint density at radius 3 is 2.95 bits per heavy atom. The van der Waals surface area contributed by atoms with E-state index in [-0.39, 0.29) is 11.8 Å². The normalized spacial score (nSPS) is 13.1. The molecule has 1 aliphatic rings. The molecule has 2 amide bonds. The molecule has 0 saturated heterocycles. The number of hydrogen-bond donors (Lipinski definition) is 1. The van der Waals surface area contributed by atoms with E-state index in [9.17, 15) is 9.59 Å². The predicted molar refractivity (Wildman–Crippen MR) is 83.9 cm³/mol. The van der Waals surface area contributed by atoms with Gasteiger partial charge in [0, 0.05) is 45.3 Å². The zero-order valence-electron chi connectivity index (χ0n) is 12.6. The summed E-state index contributed by atoms with van der Waals surface area (Å²) >= 11 is 0. The fourth-order valence-electron chi connectivity index (χ4n) is 1.98. The van der Waals surface area contributed by atoms with Crippen molar-refractivity contribution in [3.63, 3.8) is 0 Å². The van der Waals surface area contributed by atoms with Gasteiger partial charge in [-0.3, -0.25) is 9.59 Å². The first kappa shape index (κ1) is 16.9. The fraction of sp³-hybridized carbons (Fsp3) is 0.533. The van der Waals surface area contributed by atoms with Gasteiger partial charge in [-0.05, 0) is 25.5 Å². The van der Waals surface area contributed by atoms with Crippen LogP contribution in [0, 0.1) is 0 Å². The van der Waals surface area contributed by atoms with Crippen molar-refractivity contribution in [2.45, 2.75) is 19.8 Å². The molecule has 21 heavy (non-hydrogen) atoms. The summed E-state index contributed by atoms with van der Waals surface area (Å²) in [5.74, 6) is -0.0442. The molecule has 1 N–H and O–H groups in total. The smallest absolute Gasteiger partial charge is 0.243 e. The number of aliphatic imine (C=N–C) groups is 1. The van der Waals surface area contributed by atoms with Crippen LogP contribution in [0.15, 0.2) is 29.9 Å². The third kappa shape index (κ3) is 6.74. The Bertz CT molecular complexity index is 418. The second kappa shape index (κ2) is 9.74. The molecule has 1 aliphatic heterocycles. The Labute approximate surface area is 126 Å². The fourth-order valence-corrected chi connectivity index (χ4v) is 1.98. The molecule has 6 nitrogen and oxygen atoms in total. The van der Waals surface area contributed by atoms with Gasteiger partial charge in [-0.2, -0.15) is 0 Å². The van der Waals surface area contributed by atoms with Gasteiger partial charge in [0.2, 0.25) is 11.8 Å². The standard InChI is InChI=1S/C15H24N4O2/c1-3-14(20)17-9-6-11-19(4-2)15(21)7-12-18-10-5-8-16-13-18/h3,5,8,13H,1,4,6-7,9-12H2,2H3,(H,17,20). The third-order valence-electron chi connectivity index (χ3n) is 3.20. The minimum atomic E-state index is -0.179. The summed E-state index contributed by atoms with van der Waals surface area (Å²) in [5, 5.41) is 2.71. The molecule has 0 aromatic rings. The van der Waals surface area contributed by atoms with Gasteiger partial charge < -0.3 is 15.1 Å². The van der Waals surface area contributed by atoms with Crippen molar-refractivity contribution in [1.29, 1.82) is 0 Å². The van der Waals surface area contributed by atoms with Crippen molar-refractivity contribution in [3.8, 4) is 0 Å². The SMILES string of the molecule is C=CC(=O)NCCCN(CC)C(=O)CCN1C=NC=CC1. The van der Waals surface area contributed by atoms with E-state index in [1.54, 1.807) is 12.5 Å². The number of amides is 2. The molecule has 116 valence electrons. The summed E-state index contributed by atoms with van der Waals surface area (Å²) in [7, 11) is 0. The highest BCUT2D eigenvalue weighted by Crippen LogP contribution is 2.00. The first-order valence-corrected chi connectivity index (χ1v) is 7.27. The lowest BCUT2D eigenvalue weighted by atomic mass is 10.3. The van der Waals surface area contributed by atoms with Crippen LogP contribution in [0.25, 0.3) is 0 Å². The topological polar surface area (TPSA) is 65.0 Å². The van der Waals surface area contributed by atoms with Crippen LogP contribution < -0.4 is 5.32 Å². The van der Waals surface area contributed by atoms with Gasteiger partial charge in [0.25, 0.3) is 0 Å². The molecule has 6 heteroatoms. The van der Waals surface area contributed by atoms with Gasteiger partial charge in [0.15, 0.2) is 0 Å². The van der Waals surface area contributed by atoms with Crippen molar-refractivity contribution in [3.05, 3.63) is 24.9 Å². The molecule has 0 unspecified atom stereocenters. The number of nitrogens with one attached hydrogen (secondary N) is 1. The van der Waals surface area contributed by atoms with Gasteiger partial charge in [0.1, 0.15) is 0 Å². The lowest BCUT2D eigenvalue weighted by Crippen LogP contribution is -2.36. The van der Waals surface area contributed by atoms with Gasteiger partial charge >= 0.3 is 0 Å². The molecular formula is C15H24N4O2. The van der Waals surface area contributed by atoms with Crippen molar-refractivity contribution >= 4 is 18.2 Å². The molecule has 0 atom stereocenters. The molecule has 1 heterocycles. The van der Waals surface area contributed by atoms with E-state index in [1.807, 2.05) is 22.8 Å². The van der Waals surface area contributed by atoms with Crippen LogP contribution in [-0.4, -0.2) is 60.7 Å². The number of carbonyl (C=O) groups is 2. The van der Waals surface area contributed by atoms with Crippen LogP contribution in [0.1, 0.15) is 19.8 Å². The molecule has 1 rings (SSSR count). The summed E-state index contributed by atoms with van der Waals surface area (Å²) in [6, 6.07) is 0. The summed E-state index contributed by atoms with van der Waals surface area (Å²) in [5.41, 5.74) is 0. The molecule has 0 aliphatic carbocycles. The molecule has 0 aromatic carbocycles. The maximum absolute atomic E-state index is 12.1. The van der Waals surface area contributed by atoms with Crippen LogP contribution in [-0.2, 0) is 9.59 Å². The summed E-state index contributed by atoms with van der Waals surface area (Å²) in [6.45, 7) is 8.72. The zero-order valence-corrected chi connectivity index (χ0v) is 12.6. The van der Waals surface area contributed by atoms with Crippen LogP contribution in [0.4, 0.5) is 0 Å². The Morgan fingerprint density at radius 1 is 1.52 bits per heavy atom. The third-order valence-corrected chi connectivity index (χ3v) is 3.20. The Morgan fingerprint density at radius 2 is 2.33 bits per heavy atom. The molecular weight excluding hydrogens is 268 g/mol. The quantitative estimate of drug-likeness (QED) is 0.504. The average Bonchev–Trinajstić information content (AvgIpc) is 2.53. The summed E-state index contributed by atoms with van der Waals surface area (Å²) in [4.78, 5) is 31.0. The molecule has 0 aromatic heterocycles. The van der Waals surface area contributed by atoms with Crippen LogP contribution in [0.2, 0.25) is 0 Å². The first-order valence-electron chi connectivity index (χ1n) is 7.27.